The number of hydrogen-bond acceptors (Lipinski definition) is 4. The summed E-state index contributed by atoms with van der Waals surface area (Å²) in [6.45, 7) is 4.13. The van der Waals surface area contributed by atoms with Crippen LogP contribution in [-0.2, 0) is 16.0 Å². The Balaban J connectivity index is 2.23. The topological polar surface area (TPSA) is 58.6 Å². The Morgan fingerprint density at radius 1 is 1.61 bits per heavy atom. The number of aromatic hydroxyl groups is 1. The van der Waals surface area contributed by atoms with E-state index in [1.54, 1.807) is 26.0 Å². The van der Waals surface area contributed by atoms with E-state index in [1.807, 2.05) is 6.07 Å². The molecule has 0 aromatic heterocycles. The minimum Gasteiger partial charge on any atom is -0.508 e. The summed E-state index contributed by atoms with van der Waals surface area (Å²) in [5, 5.41) is 12.7. The van der Waals surface area contributed by atoms with E-state index in [9.17, 15) is 9.90 Å². The molecule has 98 valence electrons. The fourth-order valence-corrected chi connectivity index (χ4v) is 2.08. The molecule has 0 amide bonds. The van der Waals surface area contributed by atoms with Crippen molar-refractivity contribution in [3.05, 3.63) is 29.3 Å². The number of hydrogen-bond donors (Lipinski definition) is 2. The van der Waals surface area contributed by atoms with E-state index < -0.39 is 17.6 Å². The van der Waals surface area contributed by atoms with E-state index in [-0.39, 0.29) is 12.6 Å². The van der Waals surface area contributed by atoms with E-state index in [1.165, 1.54) is 0 Å². The minimum atomic E-state index is -0.798. The van der Waals surface area contributed by atoms with Gasteiger partial charge in [0.1, 0.15) is 17.4 Å². The molecule has 1 heterocycles. The molecule has 0 spiro atoms. The van der Waals surface area contributed by atoms with Crippen LogP contribution in [0.4, 0.5) is 0 Å². The molecule has 0 saturated heterocycles. The fraction of sp³-hybridized carbons (Fsp3) is 0.500. The van der Waals surface area contributed by atoms with Gasteiger partial charge in [0.05, 0.1) is 0 Å². The van der Waals surface area contributed by atoms with Crippen LogP contribution in [0.2, 0.25) is 0 Å². The van der Waals surface area contributed by atoms with Crippen LogP contribution < -0.4 is 5.32 Å². The van der Waals surface area contributed by atoms with Gasteiger partial charge in [0.25, 0.3) is 0 Å². The van der Waals surface area contributed by atoms with Crippen molar-refractivity contribution in [2.75, 3.05) is 6.54 Å². The van der Waals surface area contributed by atoms with E-state index in [2.05, 4.69) is 5.32 Å². The first-order valence-electron chi connectivity index (χ1n) is 6.71. The number of rotatable bonds is 1. The lowest BCUT2D eigenvalue weighted by Crippen LogP contribution is -2.39. The molecule has 0 bridgehead atoms. The standard InChI is InChI=1S/C14H19NO3/c1-14(2,3)18-13(17)12-11-8-10(16)5-4-9(11)6-7-15-12/h4-5,8,12,15-16H,6-7H2,1-3H3/i1D. The number of carbonyl (C=O) groups is 1. The molecule has 1 aromatic carbocycles. The molecular weight excluding hydrogens is 230 g/mol. The van der Waals surface area contributed by atoms with Gasteiger partial charge in [0.15, 0.2) is 0 Å². The zero-order valence-electron chi connectivity index (χ0n) is 11.7. The van der Waals surface area contributed by atoms with Gasteiger partial charge in [-0.3, -0.25) is 0 Å². The van der Waals surface area contributed by atoms with Crippen LogP contribution in [0.1, 0.15) is 39.3 Å². The molecule has 0 fully saturated rings. The van der Waals surface area contributed by atoms with Crippen molar-refractivity contribution >= 4 is 5.97 Å². The average molecular weight is 250 g/mol. The molecule has 1 aliphatic heterocycles. The number of carbonyl (C=O) groups excluding carboxylic acids is 1. The fourth-order valence-electron chi connectivity index (χ4n) is 2.08. The van der Waals surface area contributed by atoms with Gasteiger partial charge in [0.2, 0.25) is 0 Å². The molecule has 1 atom stereocenters. The molecule has 2 N–H and O–H groups in total. The highest BCUT2D eigenvalue weighted by Crippen LogP contribution is 2.28. The Kier molecular flexibility index (Phi) is 2.96. The van der Waals surface area contributed by atoms with Gasteiger partial charge in [-0.25, -0.2) is 4.79 Å². The summed E-state index contributed by atoms with van der Waals surface area (Å²) in [5.41, 5.74) is 1.01. The molecule has 0 saturated carbocycles. The maximum absolute atomic E-state index is 12.2. The highest BCUT2D eigenvalue weighted by Gasteiger charge is 2.30. The van der Waals surface area contributed by atoms with Crippen LogP contribution in [-0.4, -0.2) is 23.2 Å². The Labute approximate surface area is 108 Å². The molecule has 2 rings (SSSR count). The van der Waals surface area contributed by atoms with Crippen LogP contribution in [0, 0.1) is 0 Å². The second kappa shape index (κ2) is 4.61. The quantitative estimate of drug-likeness (QED) is 0.748. The zero-order chi connectivity index (χ0) is 14.0. The van der Waals surface area contributed by atoms with Crippen LogP contribution in [0.3, 0.4) is 0 Å². The highest BCUT2D eigenvalue weighted by molar-refractivity contribution is 5.79. The molecule has 0 radical (unpaired) electrons. The van der Waals surface area contributed by atoms with Crippen molar-refractivity contribution in [1.29, 1.82) is 0 Å². The lowest BCUT2D eigenvalue weighted by atomic mass is 9.94. The SMILES string of the molecule is [2H]CC(C)(C)OC(=O)C1NCCc2ccc(O)cc21. The van der Waals surface area contributed by atoms with Crippen molar-refractivity contribution in [1.82, 2.24) is 5.32 Å². The summed E-state index contributed by atoms with van der Waals surface area (Å²) in [4.78, 5) is 12.2. The van der Waals surface area contributed by atoms with E-state index in [4.69, 9.17) is 6.11 Å². The van der Waals surface area contributed by atoms with Crippen molar-refractivity contribution in [2.45, 2.75) is 38.8 Å². The van der Waals surface area contributed by atoms with Crippen LogP contribution in [0.15, 0.2) is 18.2 Å². The van der Waals surface area contributed by atoms with Gasteiger partial charge >= 0.3 is 5.97 Å². The van der Waals surface area contributed by atoms with Crippen LogP contribution in [0.5, 0.6) is 5.75 Å². The Hall–Kier alpha value is -1.55. The second-order valence-corrected chi connectivity index (χ2v) is 5.20. The van der Waals surface area contributed by atoms with Gasteiger partial charge in [-0.05, 0) is 50.4 Å². The number of fused-ring (bicyclic) bond motifs is 1. The number of esters is 1. The first-order valence-corrected chi connectivity index (χ1v) is 6.00. The molecule has 18 heavy (non-hydrogen) atoms. The largest absolute Gasteiger partial charge is 0.508 e. The second-order valence-electron chi connectivity index (χ2n) is 5.20. The molecule has 0 aliphatic carbocycles. The van der Waals surface area contributed by atoms with Gasteiger partial charge in [-0.2, -0.15) is 0 Å². The number of phenolic OH excluding ortho intramolecular Hbond substituents is 1. The van der Waals surface area contributed by atoms with E-state index >= 15 is 0 Å². The number of phenols is 1. The van der Waals surface area contributed by atoms with Gasteiger partial charge < -0.3 is 15.2 Å². The van der Waals surface area contributed by atoms with Gasteiger partial charge in [0, 0.05) is 7.92 Å². The third-order valence-electron chi connectivity index (χ3n) is 2.80. The normalized spacial score (nSPS) is 19.9. The van der Waals surface area contributed by atoms with E-state index in [0.29, 0.717) is 6.54 Å². The Morgan fingerprint density at radius 3 is 3.11 bits per heavy atom. The lowest BCUT2D eigenvalue weighted by Gasteiger charge is -2.29. The lowest BCUT2D eigenvalue weighted by molar-refractivity contribution is -0.157. The summed E-state index contributed by atoms with van der Waals surface area (Å²) >= 11 is 0. The summed E-state index contributed by atoms with van der Waals surface area (Å²) < 4.78 is 12.7. The number of nitrogens with one attached hydrogen (secondary N) is 1. The van der Waals surface area contributed by atoms with Crippen molar-refractivity contribution in [2.24, 2.45) is 0 Å². The predicted octanol–water partition coefficient (Wildman–Crippen LogP) is 1.92. The van der Waals surface area contributed by atoms with Crippen molar-refractivity contribution in [3.8, 4) is 5.75 Å². The summed E-state index contributed by atoms with van der Waals surface area (Å²) in [6, 6.07) is 4.49. The Bertz CT molecular complexity index is 488. The molecule has 4 heteroatoms. The first kappa shape index (κ1) is 11.5. The summed E-state index contributed by atoms with van der Waals surface area (Å²) in [5.74, 6) is -0.260. The maximum atomic E-state index is 12.2. The molecular formula is C14H19NO3. The maximum Gasteiger partial charge on any atom is 0.328 e. The third-order valence-corrected chi connectivity index (χ3v) is 2.80. The average Bonchev–Trinajstić information content (AvgIpc) is 2.37. The molecule has 4 nitrogen and oxygen atoms in total. The van der Waals surface area contributed by atoms with Gasteiger partial charge in [-0.15, -0.1) is 0 Å². The summed E-state index contributed by atoms with van der Waals surface area (Å²) in [7, 11) is 0. The zero-order valence-corrected chi connectivity index (χ0v) is 10.7. The van der Waals surface area contributed by atoms with Crippen LogP contribution in [0.25, 0.3) is 0 Å². The Morgan fingerprint density at radius 2 is 2.39 bits per heavy atom. The highest BCUT2D eigenvalue weighted by atomic mass is 16.6. The van der Waals surface area contributed by atoms with Gasteiger partial charge in [-0.1, -0.05) is 6.07 Å². The molecule has 1 aromatic rings. The predicted molar refractivity (Wildman–Crippen MR) is 68.4 cm³/mol. The monoisotopic (exact) mass is 250 g/mol. The van der Waals surface area contributed by atoms with E-state index in [0.717, 1.165) is 17.5 Å². The van der Waals surface area contributed by atoms with Crippen molar-refractivity contribution in [3.63, 3.8) is 0 Å². The van der Waals surface area contributed by atoms with Crippen molar-refractivity contribution < 1.29 is 16.0 Å². The number of ether oxygens (including phenoxy) is 1. The number of benzene rings is 1. The summed E-state index contributed by atoms with van der Waals surface area (Å²) in [6.07, 6.45) is 0.821. The first-order chi connectivity index (χ1) is 8.93. The minimum absolute atomic E-state index is 0.0123. The third kappa shape index (κ3) is 2.82. The van der Waals surface area contributed by atoms with Crippen LogP contribution >= 0.6 is 0 Å². The molecule has 1 unspecified atom stereocenters. The molecule has 1 aliphatic rings. The smallest absolute Gasteiger partial charge is 0.328 e.